The van der Waals surface area contributed by atoms with E-state index < -0.39 is 31.3 Å². The van der Waals surface area contributed by atoms with Crippen molar-refractivity contribution in [2.75, 3.05) is 0 Å². The van der Waals surface area contributed by atoms with Crippen molar-refractivity contribution in [2.45, 2.75) is 0 Å². The smallest absolute Gasteiger partial charge is 0.822 e. The second-order valence-electron chi connectivity index (χ2n) is 1.79. The molecule has 0 aliphatic rings. The van der Waals surface area contributed by atoms with E-state index in [2.05, 4.69) is 0 Å². The molecule has 0 fully saturated rings. The van der Waals surface area contributed by atoms with Crippen molar-refractivity contribution in [2.24, 2.45) is 0 Å². The average molecular weight is 600 g/mol. The third kappa shape index (κ3) is 1230. The summed E-state index contributed by atoms with van der Waals surface area (Å²) in [5.41, 5.74) is 0. The molecule has 0 N–H and O–H groups in total. The fourth-order valence-electron chi connectivity index (χ4n) is 0. The van der Waals surface area contributed by atoms with E-state index in [9.17, 15) is 0 Å². The van der Waals surface area contributed by atoms with Crippen molar-refractivity contribution in [3.63, 3.8) is 0 Å². The van der Waals surface area contributed by atoms with Crippen molar-refractivity contribution in [1.29, 1.82) is 0 Å². The summed E-state index contributed by atoms with van der Waals surface area (Å²) in [5.74, 6) is 0. The molecule has 16 nitrogen and oxygen atoms in total. The second-order valence-corrected chi connectivity index (χ2v) is 5.37. The summed E-state index contributed by atoms with van der Waals surface area (Å²) in [6.45, 7) is 0. The van der Waals surface area contributed by atoms with Crippen LogP contribution >= 0.6 is 31.3 Å². The molecule has 0 aromatic heterocycles. The van der Waals surface area contributed by atoms with Gasteiger partial charge in [0.15, 0.2) is 0 Å². The summed E-state index contributed by atoms with van der Waals surface area (Å²) in [7, 11) is -21.6. The molecule has 0 aromatic rings. The third-order valence-electron chi connectivity index (χ3n) is 0. The van der Waals surface area contributed by atoms with Crippen molar-refractivity contribution >= 4 is 31.3 Å². The van der Waals surface area contributed by atoms with E-state index in [0.717, 1.165) is 0 Å². The van der Waals surface area contributed by atoms with Crippen LogP contribution in [0.3, 0.4) is 0 Å². The fraction of sp³-hybridized carbons (Fsp3) is 0. The number of hydrogen-bond donors (Lipinski definition) is 0. The number of rotatable bonds is 0. The van der Waals surface area contributed by atoms with Gasteiger partial charge >= 0.3 is 119 Å². The third-order valence-corrected chi connectivity index (χ3v) is 0. The SMILES string of the molecule is O=P([O-])([O-])[O-].O=P([O-])([O-])[O-].O=P([O-])([O-])[O-].O=P([O-])([O-])[O-].[H+].[H+].[H+].[Li+].[Li+].[Li+].[Zn+2].[Zn+2].[Zn+2]. The molecule has 0 rings (SSSR count). The molecule has 26 heteroatoms. The van der Waals surface area contributed by atoms with E-state index in [1.165, 1.54) is 0 Å². The van der Waals surface area contributed by atoms with E-state index in [1.54, 1.807) is 0 Å². The van der Waals surface area contributed by atoms with Crippen LogP contribution < -0.4 is 115 Å². The Kier molecular flexibility index (Phi) is 70.6. The first-order valence-electron chi connectivity index (χ1n) is 2.92. The minimum absolute atomic E-state index is 0. The Bertz CT molecular complexity index is 319. The van der Waals surface area contributed by atoms with Crippen LogP contribution in [-0.2, 0) is 76.7 Å². The summed E-state index contributed by atoms with van der Waals surface area (Å²) in [4.78, 5) is 103. The van der Waals surface area contributed by atoms with Gasteiger partial charge in [0.25, 0.3) is 0 Å². The Balaban J connectivity index is -0.00000000970. The number of hydrogen-bond acceptors (Lipinski definition) is 16. The zero-order valence-electron chi connectivity index (χ0n) is 16.4. The van der Waals surface area contributed by atoms with Crippen molar-refractivity contribution < 1.29 is 196 Å². The largest absolute Gasteiger partial charge is 2.00 e. The van der Waals surface area contributed by atoms with E-state index in [1.807, 2.05) is 0 Å². The van der Waals surface area contributed by atoms with E-state index in [4.69, 9.17) is 77.0 Å². The average Bonchev–Trinajstić information content (AvgIpc) is 1.62. The Morgan fingerprint density at radius 3 is 0.346 bits per heavy atom. The molecule has 128 valence electrons. The summed E-state index contributed by atoms with van der Waals surface area (Å²) < 4.78 is 34.2. The second kappa shape index (κ2) is 29.1. The van der Waals surface area contributed by atoms with Gasteiger partial charge in [-0.3, -0.25) is 0 Å². The predicted molar refractivity (Wildman–Crippen MR) is 33.8 cm³/mol. The van der Waals surface area contributed by atoms with Gasteiger partial charge in [-0.1, -0.05) is 0 Å². The molecule has 0 aromatic carbocycles. The van der Waals surface area contributed by atoms with Gasteiger partial charge in [0.1, 0.15) is 0 Å². The maximum absolute atomic E-state index is 8.55. The molecule has 0 atom stereocenters. The quantitative estimate of drug-likeness (QED) is 0.184. The van der Waals surface area contributed by atoms with Gasteiger partial charge < -0.3 is 77.0 Å². The van der Waals surface area contributed by atoms with Crippen LogP contribution in [0.15, 0.2) is 0 Å². The van der Waals surface area contributed by atoms with Crippen LogP contribution in [0.4, 0.5) is 0 Å². The Labute approximate surface area is 225 Å². The molecular weight excluding hydrogens is 597 g/mol. The van der Waals surface area contributed by atoms with Crippen LogP contribution in [-0.4, -0.2) is 0 Å². The van der Waals surface area contributed by atoms with Crippen LogP contribution in [0, 0.1) is 0 Å². The normalized spacial score (nSPS) is 9.08. The van der Waals surface area contributed by atoms with Crippen molar-refractivity contribution in [3.8, 4) is 0 Å². The summed E-state index contributed by atoms with van der Waals surface area (Å²) in [6.07, 6.45) is 0. The maximum Gasteiger partial charge on any atom is 2.00 e. The molecule has 0 spiro atoms. The molecule has 0 saturated heterocycles. The molecule has 0 aliphatic carbocycles. The predicted octanol–water partition coefficient (Wildman–Crippen LogP) is -20.0. The zero-order chi connectivity index (χ0) is 18.0. The van der Waals surface area contributed by atoms with Gasteiger partial charge in [-0.2, -0.15) is 31.3 Å². The Morgan fingerprint density at radius 2 is 0.346 bits per heavy atom. The first kappa shape index (κ1) is 63.1. The monoisotopic (exact) mass is 596 g/mol. The Hall–Kier alpha value is 4.10. The van der Waals surface area contributed by atoms with Gasteiger partial charge in [-0.15, -0.1) is 0 Å². The van der Waals surface area contributed by atoms with Gasteiger partial charge in [-0.05, 0) is 0 Å². The molecule has 0 amide bonds. The van der Waals surface area contributed by atoms with Gasteiger partial charge in [-0.25, -0.2) is 0 Å². The molecule has 0 radical (unpaired) electrons. The van der Waals surface area contributed by atoms with Crippen LogP contribution in [0.25, 0.3) is 0 Å². The molecule has 0 aliphatic heterocycles. The van der Waals surface area contributed by atoms with Crippen LogP contribution in [0.2, 0.25) is 0 Å². The fourth-order valence-corrected chi connectivity index (χ4v) is 0. The van der Waals surface area contributed by atoms with Gasteiger partial charge in [0, 0.05) is 0 Å². The van der Waals surface area contributed by atoms with E-state index >= 15 is 0 Å². The molecular formula is H3Li3O16P4Zn3. The van der Waals surface area contributed by atoms with Crippen LogP contribution in [0.1, 0.15) is 4.28 Å². The van der Waals surface area contributed by atoms with Gasteiger partial charge in [0.2, 0.25) is 0 Å². The zero-order valence-corrected chi connectivity index (χ0v) is 25.9. The first-order chi connectivity index (χ1) is 8.00. The maximum atomic E-state index is 8.55. The summed E-state index contributed by atoms with van der Waals surface area (Å²) >= 11 is 0. The molecule has 0 saturated carbocycles. The first-order valence-corrected chi connectivity index (χ1v) is 8.76. The minimum atomic E-state index is -5.39. The van der Waals surface area contributed by atoms with Crippen molar-refractivity contribution in [3.05, 3.63) is 0 Å². The molecule has 0 unspecified atom stereocenters. The summed E-state index contributed by atoms with van der Waals surface area (Å²) in [5, 5.41) is 0. The molecule has 26 heavy (non-hydrogen) atoms. The standard InChI is InChI=1S/3Li.4H3O4P.3Zn/c;;;4*1-5(2,3)4;;;/h;;;4*(H3,1,2,3,4);;;/q3*+1;;;;;3*+2/p-9. The molecule has 0 heterocycles. The van der Waals surface area contributed by atoms with Crippen LogP contribution in [0.5, 0.6) is 0 Å². The van der Waals surface area contributed by atoms with E-state index in [-0.39, 0.29) is 119 Å². The topological polar surface area (TPSA) is 345 Å². The summed E-state index contributed by atoms with van der Waals surface area (Å²) in [6, 6.07) is 0. The molecule has 0 bridgehead atoms. The van der Waals surface area contributed by atoms with Gasteiger partial charge in [0.05, 0.1) is 0 Å². The van der Waals surface area contributed by atoms with E-state index in [0.29, 0.717) is 0 Å². The van der Waals surface area contributed by atoms with Crippen molar-refractivity contribution in [1.82, 2.24) is 0 Å². The Morgan fingerprint density at radius 1 is 0.346 bits per heavy atom. The number of phosphoric acid groups is 4. The minimum Gasteiger partial charge on any atom is -0.822 e.